The van der Waals surface area contributed by atoms with E-state index >= 15 is 24.0 Å². The lowest BCUT2D eigenvalue weighted by molar-refractivity contribution is -0.135. The van der Waals surface area contributed by atoms with Crippen LogP contribution in [0.15, 0.2) is 169 Å². The van der Waals surface area contributed by atoms with Crippen LogP contribution in [0, 0.1) is 5.92 Å². The van der Waals surface area contributed by atoms with Gasteiger partial charge in [-0.2, -0.15) is 0 Å². The molecule has 22 N–H and O–H groups in total. The molecule has 0 bridgehead atoms. The third-order valence-electron chi connectivity index (χ3n) is 18.7. The number of carbonyl (C=O) groups is 12. The van der Waals surface area contributed by atoms with Gasteiger partial charge in [-0.05, 0) is 168 Å². The fourth-order valence-corrected chi connectivity index (χ4v) is 12.7. The maximum Gasteiger partial charge on any atom is 0.268 e. The van der Waals surface area contributed by atoms with Crippen LogP contribution in [0.1, 0.15) is 138 Å². The highest BCUT2D eigenvalue weighted by atomic mass is 16.2. The number of hydrogen-bond acceptors (Lipinski definition) is 16. The highest BCUT2D eigenvalue weighted by molar-refractivity contribution is 6.09. The van der Waals surface area contributed by atoms with Crippen molar-refractivity contribution in [1.29, 1.82) is 0 Å². The molecule has 11 amide bonds. The Kier molecular flexibility index (Phi) is 35.8. The number of hydrogen-bond donors (Lipinski definition) is 17. The lowest BCUT2D eigenvalue weighted by Crippen LogP contribution is -2.57. The van der Waals surface area contributed by atoms with E-state index in [1.54, 1.807) is 116 Å². The maximum absolute atomic E-state index is 15.4. The summed E-state index contributed by atoms with van der Waals surface area (Å²) >= 11 is 0. The Balaban J connectivity index is 1.18. The zero-order valence-electron chi connectivity index (χ0n) is 63.7. The Morgan fingerprint density at radius 1 is 0.375 bits per heavy atom. The number of H-pyrrole nitrogens is 2. The molecule has 8 unspecified atom stereocenters. The van der Waals surface area contributed by atoms with Crippen molar-refractivity contribution >= 4 is 111 Å². The van der Waals surface area contributed by atoms with Crippen molar-refractivity contribution in [3.8, 4) is 0 Å². The van der Waals surface area contributed by atoms with Crippen LogP contribution in [0.5, 0.6) is 0 Å². The number of para-hydroxylation sites is 2. The second-order valence-electron chi connectivity index (χ2n) is 27.5. The summed E-state index contributed by atoms with van der Waals surface area (Å²) < 4.78 is 0. The number of benzene rings is 5. The van der Waals surface area contributed by atoms with E-state index in [1.165, 1.54) is 32.1 Å². The van der Waals surface area contributed by atoms with E-state index in [0.29, 0.717) is 103 Å². The quantitative estimate of drug-likeness (QED) is 0.0143. The Morgan fingerprint density at radius 3 is 1.08 bits per heavy atom. The van der Waals surface area contributed by atoms with Gasteiger partial charge in [0.1, 0.15) is 53.3 Å². The minimum atomic E-state index is -1.51. The van der Waals surface area contributed by atoms with E-state index in [-0.39, 0.29) is 81.5 Å². The van der Waals surface area contributed by atoms with Gasteiger partial charge in [-0.1, -0.05) is 147 Å². The van der Waals surface area contributed by atoms with Crippen LogP contribution in [-0.2, 0) is 70.4 Å². The molecule has 0 fully saturated rings. The van der Waals surface area contributed by atoms with Gasteiger partial charge in [0.25, 0.3) is 17.7 Å². The van der Waals surface area contributed by atoms with E-state index in [0.717, 1.165) is 10.9 Å². The molecule has 29 heteroatoms. The van der Waals surface area contributed by atoms with Gasteiger partial charge < -0.3 is 91.8 Å². The molecule has 0 saturated carbocycles. The van der Waals surface area contributed by atoms with Gasteiger partial charge in [-0.25, -0.2) is 0 Å². The Hall–Kier alpha value is -11.9. The molecule has 7 aromatic rings. The van der Waals surface area contributed by atoms with Gasteiger partial charge in [0.2, 0.25) is 47.3 Å². The Morgan fingerprint density at radius 2 is 0.696 bits per heavy atom. The number of rotatable bonds is 47. The minimum absolute atomic E-state index is 0.00917. The molecule has 0 spiro atoms. The van der Waals surface area contributed by atoms with E-state index in [1.807, 2.05) is 42.5 Å². The van der Waals surface area contributed by atoms with Crippen molar-refractivity contribution in [2.75, 3.05) is 26.2 Å². The number of primary amides is 1. The molecule has 2 heterocycles. The first kappa shape index (κ1) is 87.3. The molecule has 596 valence electrons. The van der Waals surface area contributed by atoms with Gasteiger partial charge in [0, 0.05) is 54.0 Å². The lowest BCUT2D eigenvalue weighted by Gasteiger charge is -2.26. The zero-order valence-corrected chi connectivity index (χ0v) is 63.7. The van der Waals surface area contributed by atoms with Crippen LogP contribution in [-0.4, -0.2) is 149 Å². The maximum atomic E-state index is 15.4. The number of nitrogens with one attached hydrogen (secondary N) is 12. The smallest absolute Gasteiger partial charge is 0.268 e. The van der Waals surface area contributed by atoms with Crippen LogP contribution in [0.4, 0.5) is 0 Å². The van der Waals surface area contributed by atoms with Crippen LogP contribution in [0.25, 0.3) is 40.0 Å². The van der Waals surface area contributed by atoms with Gasteiger partial charge in [0.05, 0.1) is 12.0 Å². The number of ketones is 1. The van der Waals surface area contributed by atoms with Gasteiger partial charge in [-0.3, -0.25) is 57.5 Å². The monoisotopic (exact) mass is 1530 g/mol. The van der Waals surface area contributed by atoms with E-state index in [4.69, 9.17) is 28.7 Å². The number of aromatic nitrogens is 2. The number of nitrogens with two attached hydrogens (primary N) is 5. The fraction of sp³-hybridized carbons (Fsp3) is 0.373. The summed E-state index contributed by atoms with van der Waals surface area (Å²) in [5.74, 6) is -10.9. The van der Waals surface area contributed by atoms with Gasteiger partial charge in [-0.15, -0.1) is 0 Å². The second kappa shape index (κ2) is 45.9. The van der Waals surface area contributed by atoms with Crippen LogP contribution in [0.3, 0.4) is 0 Å². The first-order valence-corrected chi connectivity index (χ1v) is 38.1. The van der Waals surface area contributed by atoms with E-state index in [2.05, 4.69) is 63.1 Å². The average Bonchev–Trinajstić information content (AvgIpc) is 1.67. The zero-order chi connectivity index (χ0) is 80.9. The SMILES string of the molecule is CCCC(NC(=O)C(=Cc1ccccc1)NC(=O)C(CCCCN)NC(=O)C(Cc1c[nH]c2ccccc12)NC(=O)C(=Cc1ccccc1)NC(=O)C(Cc1c[nH]c2ccccc12)NC(=O)C(CCCCN)NC(C)=O)C(=O)NC(CCCCN)C(=O)NC(=Cc1ccccc1)C(=O)NC(C)C(=O)C(CCCCN)C(N)=O. The summed E-state index contributed by atoms with van der Waals surface area (Å²) in [7, 11) is 0. The van der Waals surface area contributed by atoms with Gasteiger partial charge in [0.15, 0.2) is 5.78 Å². The number of carbonyl (C=O) groups excluding carboxylic acids is 12. The summed E-state index contributed by atoms with van der Waals surface area (Å²) in [6.45, 7) is 5.55. The van der Waals surface area contributed by atoms with Crippen molar-refractivity contribution < 1.29 is 57.5 Å². The Labute approximate surface area is 651 Å². The predicted octanol–water partition coefficient (Wildman–Crippen LogP) is 4.33. The number of amides is 11. The number of unbranched alkanes of at least 4 members (excludes halogenated alkanes) is 4. The first-order chi connectivity index (χ1) is 54.0. The van der Waals surface area contributed by atoms with Gasteiger partial charge >= 0.3 is 0 Å². The van der Waals surface area contributed by atoms with Crippen LogP contribution >= 0.6 is 0 Å². The third kappa shape index (κ3) is 27.6. The normalized spacial score (nSPS) is 13.8. The molecule has 8 atom stereocenters. The van der Waals surface area contributed by atoms with Crippen molar-refractivity contribution in [3.05, 3.63) is 197 Å². The van der Waals surface area contributed by atoms with Crippen molar-refractivity contribution in [1.82, 2.24) is 63.1 Å². The molecule has 112 heavy (non-hydrogen) atoms. The van der Waals surface area contributed by atoms with Crippen LogP contribution in [0.2, 0.25) is 0 Å². The standard InChI is InChI=1S/C83H107N17O12/c1-4-26-64(75(104)94-66(39-20-24-43-86)77(106)96-68(45-54-27-8-5-9-28-54)79(108)91-52(2)73(102)61(74(88)103)35-18-22-41-84)93-80(109)69(46-55-29-10-6-11-30-55)97-78(107)67(40-21-25-44-87)95-82(111)71(48-57-50-89-62-36-16-14-33-59(57)62)100-81(110)70(47-56-31-12-7-13-32-56)98-83(112)72(49-58-51-90-63-37-17-15-34-60(58)63)99-76(105)65(92-53(3)101)38-19-23-42-85/h5-17,27-34,36-37,45-47,50-52,61,64-67,71-72,89-90H,4,18-26,35,38-44,48-49,84-87H2,1-3H3,(H2,88,103)(H,91,108)(H,92,101)(H,93,109)(H,94,104)(H,95,111)(H,96,106)(H,97,107)(H,98,112)(H,99,105)(H,100,110). The average molecular weight is 1530 g/mol. The van der Waals surface area contributed by atoms with E-state index in [9.17, 15) is 33.6 Å². The summed E-state index contributed by atoms with van der Waals surface area (Å²) in [6, 6.07) is 30.9. The summed E-state index contributed by atoms with van der Waals surface area (Å²) in [5.41, 5.74) is 32.0. The molecule has 2 aromatic heterocycles. The fourth-order valence-electron chi connectivity index (χ4n) is 12.7. The predicted molar refractivity (Wildman–Crippen MR) is 431 cm³/mol. The van der Waals surface area contributed by atoms with Crippen molar-refractivity contribution in [2.45, 2.75) is 166 Å². The molecule has 0 aliphatic carbocycles. The highest BCUT2D eigenvalue weighted by Gasteiger charge is 2.36. The Bertz CT molecular complexity index is 4430. The summed E-state index contributed by atoms with van der Waals surface area (Å²) in [6.07, 6.45) is 11.3. The minimum Gasteiger partial charge on any atom is -0.369 e. The molecule has 7 rings (SSSR count). The van der Waals surface area contributed by atoms with Crippen molar-refractivity contribution in [2.24, 2.45) is 34.6 Å². The number of Topliss-reactive ketones (excluding diaryl/α,β-unsaturated/α-hetero) is 1. The topological polar surface area (TPSA) is 487 Å². The molecule has 5 aromatic carbocycles. The number of aromatic amines is 2. The molecule has 29 nitrogen and oxygen atoms in total. The number of fused-ring (bicyclic) bond motifs is 2. The lowest BCUT2D eigenvalue weighted by atomic mass is 9.92. The second-order valence-corrected chi connectivity index (χ2v) is 27.5. The third-order valence-corrected chi connectivity index (χ3v) is 18.7. The molecule has 0 saturated heterocycles. The summed E-state index contributed by atoms with van der Waals surface area (Å²) in [4.78, 5) is 179. The highest BCUT2D eigenvalue weighted by Crippen LogP contribution is 2.23. The van der Waals surface area contributed by atoms with E-state index < -0.39 is 119 Å². The largest absolute Gasteiger partial charge is 0.369 e. The molecular formula is C83H107N17O12. The first-order valence-electron chi connectivity index (χ1n) is 38.1. The molecule has 0 aliphatic heterocycles. The molecule has 0 radical (unpaired) electrons. The molecule has 0 aliphatic rings. The van der Waals surface area contributed by atoms with Crippen LogP contribution < -0.4 is 81.8 Å². The van der Waals surface area contributed by atoms with Crippen molar-refractivity contribution in [3.63, 3.8) is 0 Å². The molecular weight excluding hydrogens is 1430 g/mol. The summed E-state index contributed by atoms with van der Waals surface area (Å²) in [5, 5.41) is 29.0.